The molecule has 0 aliphatic carbocycles. The van der Waals surface area contributed by atoms with Gasteiger partial charge in [0.1, 0.15) is 0 Å². The highest BCUT2D eigenvalue weighted by Crippen LogP contribution is 2.17. The number of esters is 1. The van der Waals surface area contributed by atoms with Crippen LogP contribution in [0.5, 0.6) is 0 Å². The molecule has 17 heavy (non-hydrogen) atoms. The lowest BCUT2D eigenvalue weighted by Crippen LogP contribution is -2.08. The lowest BCUT2D eigenvalue weighted by Gasteiger charge is -2.07. The quantitative estimate of drug-likeness (QED) is 0.509. The Morgan fingerprint density at radius 2 is 2.12 bits per heavy atom. The van der Waals surface area contributed by atoms with Gasteiger partial charge in [-0.1, -0.05) is 0 Å². The highest BCUT2D eigenvalue weighted by atomic mass is 35.5. The topological polar surface area (TPSA) is 43.4 Å². The lowest BCUT2D eigenvalue weighted by atomic mass is 10.1. The molecule has 0 bridgehead atoms. The van der Waals surface area contributed by atoms with E-state index in [1.54, 1.807) is 25.1 Å². The van der Waals surface area contributed by atoms with E-state index >= 15 is 0 Å². The summed E-state index contributed by atoms with van der Waals surface area (Å²) in [5.41, 5.74) is 1.10. The number of halogens is 1. The molecule has 0 N–H and O–H groups in total. The summed E-state index contributed by atoms with van der Waals surface area (Å²) in [6, 6.07) is 4.91. The molecule has 0 heterocycles. The third-order valence-corrected chi connectivity index (χ3v) is 2.86. The average molecular weight is 273 g/mol. The van der Waals surface area contributed by atoms with Crippen molar-refractivity contribution in [1.82, 2.24) is 0 Å². The molecule has 1 aromatic rings. The Morgan fingerprint density at radius 3 is 2.71 bits per heavy atom. The summed E-state index contributed by atoms with van der Waals surface area (Å²) in [5, 5.41) is 0. The number of benzene rings is 1. The van der Waals surface area contributed by atoms with Gasteiger partial charge < -0.3 is 4.74 Å². The van der Waals surface area contributed by atoms with Crippen LogP contribution in [-0.2, 0) is 16.0 Å². The Bertz CT molecular complexity index is 432. The van der Waals surface area contributed by atoms with Crippen LogP contribution in [0.25, 0.3) is 0 Å². The van der Waals surface area contributed by atoms with E-state index in [1.807, 2.05) is 0 Å². The molecule has 0 atom stereocenters. The second-order valence-corrected chi connectivity index (χ2v) is 4.16. The summed E-state index contributed by atoms with van der Waals surface area (Å²) in [7, 11) is 0. The number of rotatable bonds is 5. The van der Waals surface area contributed by atoms with E-state index < -0.39 is 5.97 Å². The van der Waals surface area contributed by atoms with Gasteiger partial charge in [0.2, 0.25) is 0 Å². The third kappa shape index (κ3) is 4.06. The lowest BCUT2D eigenvalue weighted by molar-refractivity contribution is -0.116. The van der Waals surface area contributed by atoms with E-state index in [0.29, 0.717) is 22.6 Å². The van der Waals surface area contributed by atoms with Crippen molar-refractivity contribution in [2.24, 2.45) is 0 Å². The third-order valence-electron chi connectivity index (χ3n) is 2.13. The minimum Gasteiger partial charge on any atom is -0.462 e. The van der Waals surface area contributed by atoms with Gasteiger partial charge in [-0.05, 0) is 30.7 Å². The molecule has 5 heteroatoms. The van der Waals surface area contributed by atoms with Gasteiger partial charge in [0.25, 0.3) is 0 Å². The summed E-state index contributed by atoms with van der Waals surface area (Å²) in [6.07, 6.45) is 0.176. The first-order valence-corrected chi connectivity index (χ1v) is 6.13. The van der Waals surface area contributed by atoms with Crippen LogP contribution in [0.4, 0.5) is 0 Å². The Labute approximate surface area is 111 Å². The van der Waals surface area contributed by atoms with Gasteiger partial charge in [-0.3, -0.25) is 4.79 Å². The monoisotopic (exact) mass is 272 g/mol. The highest BCUT2D eigenvalue weighted by Gasteiger charge is 2.11. The van der Waals surface area contributed by atoms with Crippen molar-refractivity contribution in [3.05, 3.63) is 29.3 Å². The van der Waals surface area contributed by atoms with Crippen molar-refractivity contribution >= 4 is 36.0 Å². The molecule has 1 aromatic carbocycles. The van der Waals surface area contributed by atoms with Crippen LogP contribution in [0, 0.1) is 0 Å². The number of ether oxygens (including phenoxy) is 1. The molecule has 0 saturated carbocycles. The fourth-order valence-corrected chi connectivity index (χ4v) is 1.64. The van der Waals surface area contributed by atoms with E-state index in [-0.39, 0.29) is 18.1 Å². The molecule has 0 fully saturated rings. The Kier molecular flexibility index (Phi) is 5.51. The molecular weight excluding hydrogens is 260 g/mol. The zero-order valence-electron chi connectivity index (χ0n) is 9.40. The standard InChI is InChI=1S/C12H13ClO3S/c1-2-16-12(15)8-3-4-11(17)9(5-8)6-10(14)7-13/h3-5,17H,2,6-7H2,1H3. The second-order valence-electron chi connectivity index (χ2n) is 3.41. The summed E-state index contributed by atoms with van der Waals surface area (Å²) in [5.74, 6) is -0.556. The molecular formula is C12H13ClO3S. The first-order chi connectivity index (χ1) is 8.08. The summed E-state index contributed by atoms with van der Waals surface area (Å²) in [4.78, 5) is 23.4. The van der Waals surface area contributed by atoms with E-state index in [1.165, 1.54) is 0 Å². The maximum Gasteiger partial charge on any atom is 0.338 e. The van der Waals surface area contributed by atoms with Crippen LogP contribution in [0.2, 0.25) is 0 Å². The largest absolute Gasteiger partial charge is 0.462 e. The highest BCUT2D eigenvalue weighted by molar-refractivity contribution is 7.80. The molecule has 0 aromatic heterocycles. The summed E-state index contributed by atoms with van der Waals surface area (Å²) >= 11 is 9.67. The van der Waals surface area contributed by atoms with Crippen molar-refractivity contribution in [1.29, 1.82) is 0 Å². The molecule has 0 radical (unpaired) electrons. The Hall–Kier alpha value is -1.00. The van der Waals surface area contributed by atoms with Crippen LogP contribution >= 0.6 is 24.2 Å². The minimum atomic E-state index is -0.402. The number of ketones is 1. The molecule has 0 aliphatic rings. The zero-order chi connectivity index (χ0) is 12.8. The van der Waals surface area contributed by atoms with Gasteiger partial charge in [-0.2, -0.15) is 0 Å². The van der Waals surface area contributed by atoms with E-state index in [4.69, 9.17) is 16.3 Å². The van der Waals surface area contributed by atoms with Crippen LogP contribution in [0.3, 0.4) is 0 Å². The predicted octanol–water partition coefficient (Wildman–Crippen LogP) is 2.50. The molecule has 0 unspecified atom stereocenters. The Morgan fingerprint density at radius 1 is 1.41 bits per heavy atom. The van der Waals surface area contributed by atoms with Crippen molar-refractivity contribution in [2.75, 3.05) is 12.5 Å². The normalized spacial score (nSPS) is 10.1. The first kappa shape index (κ1) is 14.1. The maximum absolute atomic E-state index is 11.5. The SMILES string of the molecule is CCOC(=O)c1ccc(S)c(CC(=O)CCl)c1. The molecule has 1 rings (SSSR count). The second kappa shape index (κ2) is 6.67. The number of carbonyl (C=O) groups excluding carboxylic acids is 2. The molecule has 3 nitrogen and oxygen atoms in total. The summed E-state index contributed by atoms with van der Waals surface area (Å²) < 4.78 is 4.88. The number of hydrogen-bond donors (Lipinski definition) is 1. The summed E-state index contributed by atoms with van der Waals surface area (Å²) in [6.45, 7) is 2.06. The van der Waals surface area contributed by atoms with Crippen molar-refractivity contribution < 1.29 is 14.3 Å². The molecule has 0 saturated heterocycles. The predicted molar refractivity (Wildman–Crippen MR) is 69.1 cm³/mol. The van der Waals surface area contributed by atoms with Gasteiger partial charge >= 0.3 is 5.97 Å². The smallest absolute Gasteiger partial charge is 0.338 e. The Balaban J connectivity index is 2.93. The fraction of sp³-hybridized carbons (Fsp3) is 0.333. The van der Waals surface area contributed by atoms with Gasteiger partial charge in [0.05, 0.1) is 18.1 Å². The molecule has 92 valence electrons. The average Bonchev–Trinajstić information content (AvgIpc) is 2.32. The van der Waals surface area contributed by atoms with Crippen molar-refractivity contribution in [2.45, 2.75) is 18.2 Å². The minimum absolute atomic E-state index is 0.0448. The van der Waals surface area contributed by atoms with Crippen molar-refractivity contribution in [3.8, 4) is 0 Å². The number of hydrogen-bond acceptors (Lipinski definition) is 4. The van der Waals surface area contributed by atoms with E-state index in [2.05, 4.69) is 12.6 Å². The number of Topliss-reactive ketones (excluding diaryl/α,β-unsaturated/α-hetero) is 1. The van der Waals surface area contributed by atoms with E-state index in [9.17, 15) is 9.59 Å². The number of carbonyl (C=O) groups is 2. The van der Waals surface area contributed by atoms with Gasteiger partial charge in [0, 0.05) is 11.3 Å². The van der Waals surface area contributed by atoms with Crippen LogP contribution in [-0.4, -0.2) is 24.2 Å². The molecule has 0 amide bonds. The van der Waals surface area contributed by atoms with Gasteiger partial charge in [0.15, 0.2) is 5.78 Å². The van der Waals surface area contributed by atoms with Crippen molar-refractivity contribution in [3.63, 3.8) is 0 Å². The van der Waals surface area contributed by atoms with E-state index in [0.717, 1.165) is 0 Å². The van der Waals surface area contributed by atoms with Gasteiger partial charge in [-0.15, -0.1) is 24.2 Å². The zero-order valence-corrected chi connectivity index (χ0v) is 11.1. The number of thiol groups is 1. The maximum atomic E-state index is 11.5. The molecule has 0 aliphatic heterocycles. The van der Waals surface area contributed by atoms with Crippen LogP contribution < -0.4 is 0 Å². The van der Waals surface area contributed by atoms with Gasteiger partial charge in [-0.25, -0.2) is 4.79 Å². The number of alkyl halides is 1. The molecule has 0 spiro atoms. The van der Waals surface area contributed by atoms with Crippen LogP contribution in [0.1, 0.15) is 22.8 Å². The first-order valence-electron chi connectivity index (χ1n) is 5.15. The van der Waals surface area contributed by atoms with Crippen LogP contribution in [0.15, 0.2) is 23.1 Å². The fourth-order valence-electron chi connectivity index (χ4n) is 1.33.